The van der Waals surface area contributed by atoms with Gasteiger partial charge in [0.15, 0.2) is 24.3 Å². The number of benzene rings is 1. The molecule has 6 nitrogen and oxygen atoms in total. The van der Waals surface area contributed by atoms with Crippen molar-refractivity contribution in [3.8, 4) is 5.75 Å². The summed E-state index contributed by atoms with van der Waals surface area (Å²) in [5.74, 6) is -2.49. The second-order valence-electron chi connectivity index (χ2n) is 3.71. The lowest BCUT2D eigenvalue weighted by molar-refractivity contribution is -0.147. The smallest absolute Gasteiger partial charge is 0.332 e. The summed E-state index contributed by atoms with van der Waals surface area (Å²) in [7, 11) is 0. The highest BCUT2D eigenvalue weighted by atomic mass is 19.1. The fraction of sp³-hybridized carbons (Fsp3) is 0.333. The van der Waals surface area contributed by atoms with E-state index in [1.165, 1.54) is 18.2 Å². The Kier molecular flexibility index (Phi) is 5.74. The first-order chi connectivity index (χ1) is 9.00. The van der Waals surface area contributed by atoms with Crippen LogP contribution in [0.3, 0.4) is 0 Å². The maximum Gasteiger partial charge on any atom is 0.332 e. The van der Waals surface area contributed by atoms with Gasteiger partial charge in [0.1, 0.15) is 0 Å². The van der Waals surface area contributed by atoms with Crippen molar-refractivity contribution in [2.45, 2.75) is 12.5 Å². The number of ether oxygens (including phenoxy) is 1. The summed E-state index contributed by atoms with van der Waals surface area (Å²) in [4.78, 5) is 21.6. The molecule has 104 valence electrons. The zero-order chi connectivity index (χ0) is 14.3. The van der Waals surface area contributed by atoms with E-state index in [4.69, 9.17) is 14.9 Å². The first kappa shape index (κ1) is 14.9. The first-order valence-corrected chi connectivity index (χ1v) is 5.55. The van der Waals surface area contributed by atoms with Crippen molar-refractivity contribution in [1.82, 2.24) is 5.32 Å². The molecule has 0 saturated carbocycles. The minimum atomic E-state index is -1.52. The average molecular weight is 271 g/mol. The third-order valence-corrected chi connectivity index (χ3v) is 2.22. The SMILES string of the molecule is O=C(COc1ccccc1F)NCCC(O)C(=O)O. The summed E-state index contributed by atoms with van der Waals surface area (Å²) in [6.45, 7) is -0.392. The van der Waals surface area contributed by atoms with E-state index in [0.717, 1.165) is 0 Å². The molecule has 1 aromatic rings. The Morgan fingerprint density at radius 3 is 2.68 bits per heavy atom. The van der Waals surface area contributed by atoms with Gasteiger partial charge in [-0.15, -0.1) is 0 Å². The van der Waals surface area contributed by atoms with Crippen LogP contribution in [-0.4, -0.2) is 41.3 Å². The number of para-hydroxylation sites is 1. The fourth-order valence-electron chi connectivity index (χ4n) is 1.23. The van der Waals surface area contributed by atoms with Crippen LogP contribution in [0.5, 0.6) is 5.75 Å². The highest BCUT2D eigenvalue weighted by molar-refractivity contribution is 5.77. The van der Waals surface area contributed by atoms with Crippen molar-refractivity contribution < 1.29 is 28.9 Å². The molecule has 0 spiro atoms. The molecule has 0 bridgehead atoms. The molecule has 19 heavy (non-hydrogen) atoms. The summed E-state index contributed by atoms with van der Waals surface area (Å²) >= 11 is 0. The van der Waals surface area contributed by atoms with Crippen LogP contribution >= 0.6 is 0 Å². The van der Waals surface area contributed by atoms with E-state index in [9.17, 15) is 14.0 Å². The molecule has 0 aromatic heterocycles. The van der Waals surface area contributed by atoms with Crippen molar-refractivity contribution in [2.24, 2.45) is 0 Å². The summed E-state index contributed by atoms with van der Waals surface area (Å²) in [6, 6.07) is 5.66. The number of carboxylic acid groups (broad SMARTS) is 1. The molecule has 7 heteroatoms. The highest BCUT2D eigenvalue weighted by Crippen LogP contribution is 2.14. The highest BCUT2D eigenvalue weighted by Gasteiger charge is 2.13. The van der Waals surface area contributed by atoms with Gasteiger partial charge < -0.3 is 20.3 Å². The van der Waals surface area contributed by atoms with Crippen LogP contribution in [-0.2, 0) is 9.59 Å². The Balaban J connectivity index is 2.25. The van der Waals surface area contributed by atoms with E-state index in [0.29, 0.717) is 0 Å². The summed E-state index contributed by atoms with van der Waals surface area (Å²) in [5.41, 5.74) is 0. The molecule has 0 aliphatic carbocycles. The predicted molar refractivity (Wildman–Crippen MR) is 63.2 cm³/mol. The molecule has 1 atom stereocenters. The van der Waals surface area contributed by atoms with Gasteiger partial charge in [-0.2, -0.15) is 0 Å². The van der Waals surface area contributed by atoms with Crippen LogP contribution in [0.2, 0.25) is 0 Å². The summed E-state index contributed by atoms with van der Waals surface area (Å²) in [6.07, 6.45) is -1.63. The summed E-state index contributed by atoms with van der Waals surface area (Å²) < 4.78 is 18.1. The number of aliphatic hydroxyl groups is 1. The largest absolute Gasteiger partial charge is 0.481 e. The molecule has 1 aromatic carbocycles. The Hall–Kier alpha value is -2.15. The molecule has 1 unspecified atom stereocenters. The van der Waals surface area contributed by atoms with Gasteiger partial charge in [-0.1, -0.05) is 12.1 Å². The molecule has 0 heterocycles. The van der Waals surface area contributed by atoms with Gasteiger partial charge in [-0.3, -0.25) is 4.79 Å². The van der Waals surface area contributed by atoms with Gasteiger partial charge in [-0.05, 0) is 12.1 Å². The van der Waals surface area contributed by atoms with Gasteiger partial charge in [0.05, 0.1) is 0 Å². The standard InChI is InChI=1S/C12H14FNO5/c13-8-3-1-2-4-10(8)19-7-11(16)14-6-5-9(15)12(17)18/h1-4,9,15H,5-7H2,(H,14,16)(H,17,18). The maximum atomic E-state index is 13.1. The van der Waals surface area contributed by atoms with Crippen LogP contribution < -0.4 is 10.1 Å². The number of halogens is 1. The van der Waals surface area contributed by atoms with Crippen molar-refractivity contribution >= 4 is 11.9 Å². The third-order valence-electron chi connectivity index (χ3n) is 2.22. The number of carbonyl (C=O) groups is 2. The minimum absolute atomic E-state index is 0.00701. The monoisotopic (exact) mass is 271 g/mol. The molecule has 1 amide bonds. The zero-order valence-corrected chi connectivity index (χ0v) is 10.0. The topological polar surface area (TPSA) is 95.9 Å². The van der Waals surface area contributed by atoms with E-state index in [1.807, 2.05) is 0 Å². The quantitative estimate of drug-likeness (QED) is 0.656. The van der Waals surface area contributed by atoms with Gasteiger partial charge in [0, 0.05) is 13.0 Å². The number of aliphatic hydroxyl groups excluding tert-OH is 1. The molecule has 0 saturated heterocycles. The van der Waals surface area contributed by atoms with Crippen LogP contribution in [0.4, 0.5) is 4.39 Å². The number of rotatable bonds is 7. The normalized spacial score (nSPS) is 11.7. The van der Waals surface area contributed by atoms with E-state index >= 15 is 0 Å². The van der Waals surface area contributed by atoms with Crippen molar-refractivity contribution in [2.75, 3.05) is 13.2 Å². The Labute approximate surface area is 108 Å². The van der Waals surface area contributed by atoms with Crippen molar-refractivity contribution in [3.63, 3.8) is 0 Å². The lowest BCUT2D eigenvalue weighted by atomic mass is 10.2. The van der Waals surface area contributed by atoms with Gasteiger partial charge >= 0.3 is 5.97 Å². The number of hydrogen-bond donors (Lipinski definition) is 3. The molecular formula is C12H14FNO5. The Morgan fingerprint density at radius 2 is 2.05 bits per heavy atom. The zero-order valence-electron chi connectivity index (χ0n) is 10.0. The second kappa shape index (κ2) is 7.32. The number of nitrogens with one attached hydrogen (secondary N) is 1. The number of hydrogen-bond acceptors (Lipinski definition) is 4. The third kappa shape index (κ3) is 5.35. The van der Waals surface area contributed by atoms with E-state index in [1.54, 1.807) is 6.07 Å². The number of carboxylic acids is 1. The first-order valence-electron chi connectivity index (χ1n) is 5.55. The summed E-state index contributed by atoms with van der Waals surface area (Å²) in [5, 5.41) is 19.7. The van der Waals surface area contributed by atoms with Gasteiger partial charge in [0.2, 0.25) is 0 Å². The maximum absolute atomic E-state index is 13.1. The number of carbonyl (C=O) groups excluding carboxylic acids is 1. The molecule has 3 N–H and O–H groups in total. The second-order valence-corrected chi connectivity index (χ2v) is 3.71. The van der Waals surface area contributed by atoms with Crippen LogP contribution in [0.25, 0.3) is 0 Å². The van der Waals surface area contributed by atoms with Gasteiger partial charge in [-0.25, -0.2) is 9.18 Å². The fourth-order valence-corrected chi connectivity index (χ4v) is 1.23. The lowest BCUT2D eigenvalue weighted by Gasteiger charge is -2.09. The molecular weight excluding hydrogens is 257 g/mol. The Morgan fingerprint density at radius 1 is 1.37 bits per heavy atom. The predicted octanol–water partition coefficient (Wildman–Crippen LogP) is 0.156. The van der Waals surface area contributed by atoms with Crippen LogP contribution in [0.15, 0.2) is 24.3 Å². The minimum Gasteiger partial charge on any atom is -0.481 e. The van der Waals surface area contributed by atoms with E-state index in [-0.39, 0.29) is 25.3 Å². The van der Waals surface area contributed by atoms with Crippen LogP contribution in [0.1, 0.15) is 6.42 Å². The molecule has 0 aliphatic heterocycles. The molecule has 0 radical (unpaired) electrons. The molecule has 0 fully saturated rings. The molecule has 1 rings (SSSR count). The lowest BCUT2D eigenvalue weighted by Crippen LogP contribution is -2.33. The van der Waals surface area contributed by atoms with Crippen molar-refractivity contribution in [3.05, 3.63) is 30.1 Å². The van der Waals surface area contributed by atoms with E-state index < -0.39 is 23.8 Å². The Bertz CT molecular complexity index is 452. The number of aliphatic carboxylic acids is 1. The van der Waals surface area contributed by atoms with Crippen LogP contribution in [0, 0.1) is 5.82 Å². The average Bonchev–Trinajstić information content (AvgIpc) is 2.37. The van der Waals surface area contributed by atoms with Crippen molar-refractivity contribution in [1.29, 1.82) is 0 Å². The van der Waals surface area contributed by atoms with E-state index in [2.05, 4.69) is 5.32 Å². The van der Waals surface area contributed by atoms with Gasteiger partial charge in [0.25, 0.3) is 5.91 Å². The molecule has 0 aliphatic rings. The number of amides is 1.